The number of alkyl halides is 2. The maximum Gasteiger partial charge on any atom is 0.386 e. The van der Waals surface area contributed by atoms with Gasteiger partial charge in [-0.05, 0) is 0 Å². The van der Waals surface area contributed by atoms with E-state index in [1.165, 1.54) is 12.2 Å². The van der Waals surface area contributed by atoms with Gasteiger partial charge < -0.3 is 16.2 Å². The van der Waals surface area contributed by atoms with Gasteiger partial charge in [-0.25, -0.2) is 37.6 Å². The maximum absolute atomic E-state index is 17.2. The van der Waals surface area contributed by atoms with Gasteiger partial charge in [0.1, 0.15) is 42.4 Å². The van der Waals surface area contributed by atoms with Crippen LogP contribution in [0.15, 0.2) is 11.1 Å². The normalized spacial score (nSPS) is 38.5. The predicted molar refractivity (Wildman–Crippen MR) is 164 cm³/mol. The van der Waals surface area contributed by atoms with Crippen LogP contribution in [0.1, 0.15) is 5.37 Å². The summed E-state index contributed by atoms with van der Waals surface area (Å²) in [6.07, 6.45) is -5.66. The number of aromatic nitrogens is 7. The van der Waals surface area contributed by atoms with E-state index in [-0.39, 0.29) is 34.4 Å². The zero-order valence-corrected chi connectivity index (χ0v) is 27.5. The second kappa shape index (κ2) is 11.4. The monoisotopic (exact) mass is 744 g/mol. The molecule has 3 aromatic heterocycles. The summed E-state index contributed by atoms with van der Waals surface area (Å²) in [6, 6.07) is 0. The minimum atomic E-state index is -4.50. The number of anilines is 4. The van der Waals surface area contributed by atoms with Crippen LogP contribution < -0.4 is 27.5 Å². The Bertz CT molecular complexity index is 1860. The van der Waals surface area contributed by atoms with Crippen LogP contribution in [-0.2, 0) is 32.0 Å². The van der Waals surface area contributed by atoms with Crippen molar-refractivity contribution in [1.82, 2.24) is 40.0 Å². The molecule has 7 rings (SSSR count). The second-order valence-corrected chi connectivity index (χ2v) is 17.5. The van der Waals surface area contributed by atoms with Gasteiger partial charge in [-0.2, -0.15) is 4.98 Å². The molecule has 0 saturated carbocycles. The van der Waals surface area contributed by atoms with Gasteiger partial charge >= 0.3 is 13.6 Å². The van der Waals surface area contributed by atoms with Crippen molar-refractivity contribution in [2.45, 2.75) is 40.9 Å². The first-order chi connectivity index (χ1) is 21.7. The van der Waals surface area contributed by atoms with Crippen molar-refractivity contribution in [3.8, 4) is 0 Å². The number of hydrogen-bond acceptors (Lipinski definition) is 19. The Morgan fingerprint density at radius 2 is 1.91 bits per heavy atom. The van der Waals surface area contributed by atoms with Crippen molar-refractivity contribution < 1.29 is 40.7 Å². The van der Waals surface area contributed by atoms with Crippen LogP contribution in [0.2, 0.25) is 0 Å². The number of rotatable bonds is 2. The standard InChI is InChI=1S/C19H24F2N12O8P2S3/c1-31-29-9-13(22)24-5-25-14(9)33(31)19(21)4-37-6-2-38-42(35,44)40-11-8(20)7(3-39-43(36,45)41-12(6)19)46-17(11)32-15-10(28-30-32)16(34)27-18(23)26-15/h5-8,11-12,17,29H,2-4H2,1H3,(H,35,44)(H,36,45)(H2,22,24,25)(H3,23,26,27,34)/t6-,7-,8-,11-,12-,17-,19-,42?,43?/m1/s1. The summed E-state index contributed by atoms with van der Waals surface area (Å²) in [5.41, 5.74) is 13.6. The van der Waals surface area contributed by atoms with Gasteiger partial charge in [0.15, 0.2) is 28.9 Å². The molecule has 46 heavy (non-hydrogen) atoms. The number of ether oxygens (including phenoxy) is 1. The van der Waals surface area contributed by atoms with Crippen LogP contribution in [0, 0.1) is 0 Å². The number of hydrazine groups is 2. The summed E-state index contributed by atoms with van der Waals surface area (Å²) < 4.78 is 89.2. The summed E-state index contributed by atoms with van der Waals surface area (Å²) in [5.74, 6) is -2.90. The molecule has 20 nitrogen and oxygen atoms in total. The minimum absolute atomic E-state index is 0.00574. The summed E-state index contributed by atoms with van der Waals surface area (Å²) in [4.78, 5) is 26.6. The van der Waals surface area contributed by atoms with Gasteiger partial charge in [0.2, 0.25) is 5.95 Å². The number of halogens is 2. The molecule has 7 heterocycles. The summed E-state index contributed by atoms with van der Waals surface area (Å²) in [7, 11) is 1.45. The molecule has 9 atom stereocenters. The third-order valence-electron chi connectivity index (χ3n) is 7.42. The van der Waals surface area contributed by atoms with Gasteiger partial charge in [0.25, 0.3) is 11.4 Å². The SMILES string of the molecule is CN1Nc2c(N)ncnc2N1[C@]1(F)CO[C@@H]2COP(=O)(S)O[C@@H]3[C@H](F)[C@@H](COP(=O)(S)O[C@H]21)S[C@H]3n1nnc2c(=O)[nH]c(N)nc21. The van der Waals surface area contributed by atoms with Crippen molar-refractivity contribution in [2.75, 3.05) is 48.8 Å². The molecule has 6 N–H and O–H groups in total. The van der Waals surface area contributed by atoms with E-state index in [0.29, 0.717) is 0 Å². The molecule has 3 aromatic rings. The Morgan fingerprint density at radius 1 is 1.17 bits per heavy atom. The molecule has 0 spiro atoms. The van der Waals surface area contributed by atoms with Crippen LogP contribution in [0.3, 0.4) is 0 Å². The van der Waals surface area contributed by atoms with Crippen molar-refractivity contribution in [3.63, 3.8) is 0 Å². The molecule has 4 aliphatic rings. The highest BCUT2D eigenvalue weighted by Gasteiger charge is 2.62. The van der Waals surface area contributed by atoms with Crippen molar-refractivity contribution >= 4 is 84.3 Å². The van der Waals surface area contributed by atoms with Gasteiger partial charge in [0.05, 0.1) is 18.5 Å². The Kier molecular flexibility index (Phi) is 7.99. The molecule has 0 aliphatic carbocycles. The molecule has 4 aliphatic heterocycles. The molecule has 3 fully saturated rings. The highest BCUT2D eigenvalue weighted by molar-refractivity contribution is 8.44. The predicted octanol–water partition coefficient (Wildman–Crippen LogP) is 1.07. The Hall–Kier alpha value is -2.31. The van der Waals surface area contributed by atoms with Crippen molar-refractivity contribution in [3.05, 3.63) is 16.7 Å². The Balaban J connectivity index is 1.22. The quantitative estimate of drug-likeness (QED) is 0.122. The fourth-order valence-corrected chi connectivity index (χ4v) is 10.0. The highest BCUT2D eigenvalue weighted by atomic mass is 32.7. The zero-order chi connectivity index (χ0) is 32.8. The molecule has 2 bridgehead atoms. The first-order valence-electron chi connectivity index (χ1n) is 13.1. The lowest BCUT2D eigenvalue weighted by molar-refractivity contribution is -0.0135. The summed E-state index contributed by atoms with van der Waals surface area (Å²) in [5, 5.41) is 7.57. The fraction of sp³-hybridized carbons (Fsp3) is 0.579. The number of nitrogen functional groups attached to an aromatic ring is 2. The third-order valence-corrected chi connectivity index (χ3v) is 12.1. The number of nitrogens with one attached hydrogen (secondary N) is 2. The second-order valence-electron chi connectivity index (χ2n) is 10.4. The van der Waals surface area contributed by atoms with E-state index in [2.05, 4.69) is 60.2 Å². The molecular formula is C19H24F2N12O8P2S3. The lowest BCUT2D eigenvalue weighted by atomic mass is 10.1. The minimum Gasteiger partial charge on any atom is -0.382 e. The smallest absolute Gasteiger partial charge is 0.382 e. The number of hydrogen-bond donors (Lipinski definition) is 6. The number of aromatic amines is 1. The van der Waals surface area contributed by atoms with Gasteiger partial charge in [-0.3, -0.25) is 33.3 Å². The number of H-pyrrole nitrogens is 1. The fourth-order valence-electron chi connectivity index (χ4n) is 5.44. The van der Waals surface area contributed by atoms with Crippen molar-refractivity contribution in [1.29, 1.82) is 0 Å². The molecule has 0 amide bonds. The summed E-state index contributed by atoms with van der Waals surface area (Å²) in [6.45, 7) is -11.0. The Morgan fingerprint density at radius 3 is 2.70 bits per heavy atom. The van der Waals surface area contributed by atoms with Gasteiger partial charge in [-0.15, -0.1) is 22.0 Å². The maximum atomic E-state index is 17.2. The van der Waals surface area contributed by atoms with Crippen molar-refractivity contribution in [2.24, 2.45) is 0 Å². The number of nitrogens with zero attached hydrogens (tertiary/aromatic N) is 8. The molecular weight excluding hydrogens is 720 g/mol. The Labute approximate surface area is 270 Å². The molecule has 3 saturated heterocycles. The van der Waals surface area contributed by atoms with E-state index in [0.717, 1.165) is 27.8 Å². The number of nitrogens with two attached hydrogens (primary N) is 2. The average Bonchev–Trinajstić information content (AvgIpc) is 3.71. The summed E-state index contributed by atoms with van der Waals surface area (Å²) >= 11 is 8.92. The molecule has 27 heteroatoms. The first-order valence-corrected chi connectivity index (χ1v) is 19.4. The van der Waals surface area contributed by atoms with Crippen LogP contribution in [0.4, 0.5) is 32.1 Å². The first kappa shape index (κ1) is 32.2. The lowest BCUT2D eigenvalue weighted by Crippen LogP contribution is -2.60. The van der Waals surface area contributed by atoms with Gasteiger partial charge in [-0.1, -0.05) is 29.7 Å². The van der Waals surface area contributed by atoms with Crippen LogP contribution in [0.25, 0.3) is 11.2 Å². The lowest BCUT2D eigenvalue weighted by Gasteiger charge is -2.39. The third kappa shape index (κ3) is 5.44. The van der Waals surface area contributed by atoms with Crippen LogP contribution >= 0.6 is 49.9 Å². The highest BCUT2D eigenvalue weighted by Crippen LogP contribution is 2.62. The molecule has 250 valence electrons. The number of thioether (sulfide) groups is 1. The largest absolute Gasteiger partial charge is 0.386 e. The van der Waals surface area contributed by atoms with E-state index < -0.39 is 79.9 Å². The van der Waals surface area contributed by atoms with E-state index in [9.17, 15) is 13.9 Å². The topological polar surface area (TPSA) is 253 Å². The molecule has 0 radical (unpaired) electrons. The molecule has 0 aromatic carbocycles. The average molecular weight is 745 g/mol. The van der Waals surface area contributed by atoms with E-state index >= 15 is 8.78 Å². The van der Waals surface area contributed by atoms with E-state index in [1.807, 2.05) is 0 Å². The number of fused-ring (bicyclic) bond motifs is 5. The van der Waals surface area contributed by atoms with Crippen LogP contribution in [-0.4, -0.2) is 102 Å². The molecule has 2 unspecified atom stereocenters. The van der Waals surface area contributed by atoms with E-state index in [1.54, 1.807) is 0 Å². The van der Waals surface area contributed by atoms with Gasteiger partial charge in [0, 0.05) is 7.05 Å². The van der Waals surface area contributed by atoms with Crippen LogP contribution in [0.5, 0.6) is 0 Å². The zero-order valence-electron chi connectivity index (χ0n) is 23.1. The number of thiol groups is 2. The van der Waals surface area contributed by atoms with E-state index in [4.69, 9.17) is 34.3 Å².